The summed E-state index contributed by atoms with van der Waals surface area (Å²) >= 11 is 5.44. The third kappa shape index (κ3) is 5.68. The zero-order valence-corrected chi connectivity index (χ0v) is 15.0. The number of rotatable bonds is 6. The van der Waals surface area contributed by atoms with E-state index in [1.165, 1.54) is 16.7 Å². The Kier molecular flexibility index (Phi) is 6.60. The van der Waals surface area contributed by atoms with Crippen LogP contribution in [0.15, 0.2) is 48.5 Å². The van der Waals surface area contributed by atoms with Gasteiger partial charge in [0.2, 0.25) is 0 Å². The van der Waals surface area contributed by atoms with Gasteiger partial charge in [0.1, 0.15) is 0 Å². The summed E-state index contributed by atoms with van der Waals surface area (Å²) in [4.78, 5) is 0. The van der Waals surface area contributed by atoms with Crippen LogP contribution in [0.5, 0.6) is 0 Å². The third-order valence-electron chi connectivity index (χ3n) is 4.13. The van der Waals surface area contributed by atoms with Crippen LogP contribution in [0.3, 0.4) is 0 Å². The summed E-state index contributed by atoms with van der Waals surface area (Å²) in [6.07, 6.45) is 2.21. The zero-order chi connectivity index (χ0) is 16.7. The normalized spacial score (nSPS) is 11.8. The fourth-order valence-electron chi connectivity index (χ4n) is 2.67. The van der Waals surface area contributed by atoms with Crippen molar-refractivity contribution in [2.24, 2.45) is 5.92 Å². The first-order chi connectivity index (χ1) is 11.1. The Balaban J connectivity index is 1.84. The smallest absolute Gasteiger partial charge is 0.170 e. The quantitative estimate of drug-likeness (QED) is 0.741. The van der Waals surface area contributed by atoms with Crippen LogP contribution in [0.1, 0.15) is 30.0 Å². The SMILES string of the molecule is CC[C@H](CNC(=S)Nc1ccc(C)cc1C)Cc1ccccc1. The van der Waals surface area contributed by atoms with E-state index >= 15 is 0 Å². The van der Waals surface area contributed by atoms with Crippen LogP contribution in [0.2, 0.25) is 0 Å². The Morgan fingerprint density at radius 2 is 1.83 bits per heavy atom. The second-order valence-corrected chi connectivity index (χ2v) is 6.53. The number of anilines is 1. The standard InChI is InChI=1S/C20H26N2S/c1-4-17(13-18-8-6-5-7-9-18)14-21-20(23)22-19-11-10-15(2)12-16(19)3/h5-12,17H,4,13-14H2,1-3H3,(H2,21,22,23)/t17-/m0/s1. The number of hydrogen-bond acceptors (Lipinski definition) is 1. The van der Waals surface area contributed by atoms with Crippen molar-refractivity contribution in [2.75, 3.05) is 11.9 Å². The molecule has 1 atom stereocenters. The highest BCUT2D eigenvalue weighted by Crippen LogP contribution is 2.16. The largest absolute Gasteiger partial charge is 0.362 e. The fourth-order valence-corrected chi connectivity index (χ4v) is 2.86. The molecule has 0 aliphatic rings. The van der Waals surface area contributed by atoms with Gasteiger partial charge in [-0.25, -0.2) is 0 Å². The molecule has 2 nitrogen and oxygen atoms in total. The molecule has 2 aromatic carbocycles. The predicted octanol–water partition coefficient (Wildman–Crippen LogP) is 4.86. The van der Waals surface area contributed by atoms with Crippen molar-refractivity contribution in [3.05, 3.63) is 65.2 Å². The average Bonchev–Trinajstić information content (AvgIpc) is 2.55. The molecule has 0 spiro atoms. The first kappa shape index (κ1) is 17.5. The van der Waals surface area contributed by atoms with Crippen LogP contribution in [-0.4, -0.2) is 11.7 Å². The highest BCUT2D eigenvalue weighted by Gasteiger charge is 2.09. The third-order valence-corrected chi connectivity index (χ3v) is 4.37. The number of benzene rings is 2. The Morgan fingerprint density at radius 1 is 1.09 bits per heavy atom. The molecule has 0 radical (unpaired) electrons. The summed E-state index contributed by atoms with van der Waals surface area (Å²) in [6.45, 7) is 7.32. The van der Waals surface area contributed by atoms with Crippen LogP contribution < -0.4 is 10.6 Å². The van der Waals surface area contributed by atoms with Crippen LogP contribution in [0, 0.1) is 19.8 Å². The van der Waals surface area contributed by atoms with Crippen molar-refractivity contribution in [3.63, 3.8) is 0 Å². The van der Waals surface area contributed by atoms with E-state index in [0.717, 1.165) is 25.1 Å². The molecule has 0 unspecified atom stereocenters. The van der Waals surface area contributed by atoms with Crippen molar-refractivity contribution in [1.29, 1.82) is 0 Å². The van der Waals surface area contributed by atoms with Crippen molar-refractivity contribution in [3.8, 4) is 0 Å². The maximum absolute atomic E-state index is 5.44. The molecule has 0 aromatic heterocycles. The minimum absolute atomic E-state index is 0.580. The van der Waals surface area contributed by atoms with E-state index in [2.05, 4.69) is 79.9 Å². The van der Waals surface area contributed by atoms with Crippen molar-refractivity contribution < 1.29 is 0 Å². The summed E-state index contributed by atoms with van der Waals surface area (Å²) in [7, 11) is 0. The summed E-state index contributed by atoms with van der Waals surface area (Å²) < 4.78 is 0. The predicted molar refractivity (Wildman–Crippen MR) is 104 cm³/mol. The number of hydrogen-bond donors (Lipinski definition) is 2. The molecule has 0 aliphatic carbocycles. The van der Waals surface area contributed by atoms with E-state index in [4.69, 9.17) is 12.2 Å². The molecule has 2 rings (SSSR count). The molecule has 0 amide bonds. The molecule has 122 valence electrons. The molecule has 23 heavy (non-hydrogen) atoms. The Morgan fingerprint density at radius 3 is 2.48 bits per heavy atom. The minimum atomic E-state index is 0.580. The van der Waals surface area contributed by atoms with Gasteiger partial charge in [0.05, 0.1) is 0 Å². The van der Waals surface area contributed by atoms with Crippen molar-refractivity contribution >= 4 is 23.0 Å². The van der Waals surface area contributed by atoms with Crippen LogP contribution >= 0.6 is 12.2 Å². The summed E-state index contributed by atoms with van der Waals surface area (Å²) in [6, 6.07) is 17.0. The lowest BCUT2D eigenvalue weighted by Crippen LogP contribution is -2.33. The van der Waals surface area contributed by atoms with Gasteiger partial charge in [-0.3, -0.25) is 0 Å². The topological polar surface area (TPSA) is 24.1 Å². The van der Waals surface area contributed by atoms with E-state index in [1.807, 2.05) is 0 Å². The van der Waals surface area contributed by atoms with E-state index in [0.29, 0.717) is 11.0 Å². The van der Waals surface area contributed by atoms with Gasteiger partial charge in [-0.2, -0.15) is 0 Å². The maximum atomic E-state index is 5.44. The number of thiocarbonyl (C=S) groups is 1. The fraction of sp³-hybridized carbons (Fsp3) is 0.350. The van der Waals surface area contributed by atoms with Gasteiger partial charge in [0.25, 0.3) is 0 Å². The van der Waals surface area contributed by atoms with Gasteiger partial charge < -0.3 is 10.6 Å². The number of aryl methyl sites for hydroxylation is 2. The molecule has 2 N–H and O–H groups in total. The average molecular weight is 327 g/mol. The number of nitrogens with one attached hydrogen (secondary N) is 2. The van der Waals surface area contributed by atoms with E-state index in [9.17, 15) is 0 Å². The van der Waals surface area contributed by atoms with Crippen LogP contribution in [0.25, 0.3) is 0 Å². The summed E-state index contributed by atoms with van der Waals surface area (Å²) in [5.41, 5.74) is 4.94. The second-order valence-electron chi connectivity index (χ2n) is 6.12. The highest BCUT2D eigenvalue weighted by molar-refractivity contribution is 7.80. The van der Waals surface area contributed by atoms with Gasteiger partial charge >= 0.3 is 0 Å². The van der Waals surface area contributed by atoms with Crippen LogP contribution in [0.4, 0.5) is 5.69 Å². The first-order valence-electron chi connectivity index (χ1n) is 8.24. The van der Waals surface area contributed by atoms with Crippen molar-refractivity contribution in [1.82, 2.24) is 5.32 Å². The first-order valence-corrected chi connectivity index (χ1v) is 8.65. The molecule has 0 saturated heterocycles. The molecular weight excluding hydrogens is 300 g/mol. The lowest BCUT2D eigenvalue weighted by Gasteiger charge is -2.18. The molecule has 3 heteroatoms. The molecule has 0 heterocycles. The molecule has 0 fully saturated rings. The molecular formula is C20H26N2S. The van der Waals surface area contributed by atoms with Crippen molar-refractivity contribution in [2.45, 2.75) is 33.6 Å². The lowest BCUT2D eigenvalue weighted by molar-refractivity contribution is 0.498. The van der Waals surface area contributed by atoms with Gasteiger partial charge in [-0.05, 0) is 55.6 Å². The van der Waals surface area contributed by atoms with Crippen LogP contribution in [-0.2, 0) is 6.42 Å². The molecule has 0 saturated carbocycles. The summed E-state index contributed by atoms with van der Waals surface area (Å²) in [5.74, 6) is 0.580. The van der Waals surface area contributed by atoms with Gasteiger partial charge in [-0.1, -0.05) is 61.4 Å². The minimum Gasteiger partial charge on any atom is -0.362 e. The Hall–Kier alpha value is -1.87. The Labute approximate surface area is 145 Å². The highest BCUT2D eigenvalue weighted by atomic mass is 32.1. The van der Waals surface area contributed by atoms with E-state index in [1.54, 1.807) is 0 Å². The second kappa shape index (κ2) is 8.68. The van der Waals surface area contributed by atoms with Gasteiger partial charge in [-0.15, -0.1) is 0 Å². The van der Waals surface area contributed by atoms with E-state index < -0.39 is 0 Å². The maximum Gasteiger partial charge on any atom is 0.170 e. The Bertz CT molecular complexity index is 637. The van der Waals surface area contributed by atoms with Gasteiger partial charge in [0, 0.05) is 12.2 Å². The molecule has 2 aromatic rings. The lowest BCUT2D eigenvalue weighted by atomic mass is 9.97. The van der Waals surface area contributed by atoms with Gasteiger partial charge in [0.15, 0.2) is 5.11 Å². The molecule has 0 aliphatic heterocycles. The molecule has 0 bridgehead atoms. The van der Waals surface area contributed by atoms with E-state index in [-0.39, 0.29) is 0 Å². The zero-order valence-electron chi connectivity index (χ0n) is 14.2. The monoisotopic (exact) mass is 326 g/mol. The summed E-state index contributed by atoms with van der Waals surface area (Å²) in [5, 5.41) is 7.36.